The van der Waals surface area contributed by atoms with Gasteiger partial charge >= 0.3 is 5.97 Å². The van der Waals surface area contributed by atoms with E-state index in [-0.39, 0.29) is 12.5 Å². The molecule has 1 aromatic heterocycles. The van der Waals surface area contributed by atoms with Crippen LogP contribution in [0.25, 0.3) is 0 Å². The molecule has 2 aromatic rings. The molecule has 3 rings (SSSR count). The maximum atomic E-state index is 12.3. The van der Waals surface area contributed by atoms with Crippen LogP contribution in [-0.2, 0) is 9.53 Å². The van der Waals surface area contributed by atoms with Gasteiger partial charge in [-0.15, -0.1) is 0 Å². The highest BCUT2D eigenvalue weighted by atomic mass is 16.5. The molecule has 1 heterocycles. The Labute approximate surface area is 148 Å². The number of carbonyl (C=O) groups is 2. The number of esters is 1. The number of aryl methyl sites for hydroxylation is 3. The molecule has 1 saturated carbocycles. The van der Waals surface area contributed by atoms with Gasteiger partial charge in [0, 0.05) is 23.1 Å². The Bertz CT molecular complexity index is 811. The summed E-state index contributed by atoms with van der Waals surface area (Å²) >= 11 is 0. The van der Waals surface area contributed by atoms with Gasteiger partial charge in [-0.05, 0) is 57.7 Å². The number of aromatic nitrogens is 1. The van der Waals surface area contributed by atoms with Crippen molar-refractivity contribution in [3.8, 4) is 0 Å². The van der Waals surface area contributed by atoms with Crippen molar-refractivity contribution in [3.63, 3.8) is 0 Å². The molecule has 0 aliphatic heterocycles. The second-order valence-corrected chi connectivity index (χ2v) is 6.78. The monoisotopic (exact) mass is 340 g/mol. The van der Waals surface area contributed by atoms with E-state index in [0.717, 1.165) is 41.0 Å². The van der Waals surface area contributed by atoms with E-state index in [1.165, 1.54) is 0 Å². The zero-order valence-corrected chi connectivity index (χ0v) is 15.2. The minimum atomic E-state index is -0.448. The number of amides is 1. The Morgan fingerprint density at radius 1 is 1.16 bits per heavy atom. The van der Waals surface area contributed by atoms with Crippen LogP contribution in [0.2, 0.25) is 0 Å². The molecular formula is C20H24N2O3. The third kappa shape index (κ3) is 3.60. The molecule has 0 bridgehead atoms. The topological polar surface area (TPSA) is 60.3 Å². The first kappa shape index (κ1) is 17.3. The van der Waals surface area contributed by atoms with E-state index < -0.39 is 5.97 Å². The molecule has 0 saturated heterocycles. The molecule has 25 heavy (non-hydrogen) atoms. The summed E-state index contributed by atoms with van der Waals surface area (Å²) in [6, 6.07) is 8.16. The van der Waals surface area contributed by atoms with Crippen LogP contribution >= 0.6 is 0 Å². The van der Waals surface area contributed by atoms with Crippen molar-refractivity contribution in [1.29, 1.82) is 0 Å². The largest absolute Gasteiger partial charge is 0.452 e. The Hall–Kier alpha value is -2.56. The van der Waals surface area contributed by atoms with Crippen molar-refractivity contribution in [2.75, 3.05) is 11.9 Å². The van der Waals surface area contributed by atoms with Crippen molar-refractivity contribution >= 4 is 17.6 Å². The number of nitrogens with one attached hydrogen (secondary N) is 1. The van der Waals surface area contributed by atoms with Gasteiger partial charge in [-0.1, -0.05) is 18.2 Å². The smallest absolute Gasteiger partial charge is 0.340 e. The lowest BCUT2D eigenvalue weighted by Gasteiger charge is -2.12. The molecule has 1 fully saturated rings. The van der Waals surface area contributed by atoms with Crippen LogP contribution in [0.4, 0.5) is 5.69 Å². The molecule has 0 spiro atoms. The third-order valence-electron chi connectivity index (χ3n) is 4.70. The fraction of sp³-hybridized carbons (Fsp3) is 0.400. The van der Waals surface area contributed by atoms with Crippen LogP contribution in [0, 0.1) is 27.7 Å². The van der Waals surface area contributed by atoms with Crippen molar-refractivity contribution < 1.29 is 14.3 Å². The number of nitrogens with zero attached hydrogens (tertiary/aromatic N) is 1. The van der Waals surface area contributed by atoms with Gasteiger partial charge in [0.2, 0.25) is 0 Å². The number of carbonyl (C=O) groups excluding carboxylic acids is 2. The highest BCUT2D eigenvalue weighted by molar-refractivity contribution is 5.96. The van der Waals surface area contributed by atoms with Crippen LogP contribution in [0.1, 0.15) is 51.8 Å². The van der Waals surface area contributed by atoms with Crippen molar-refractivity contribution in [1.82, 2.24) is 4.57 Å². The van der Waals surface area contributed by atoms with Crippen LogP contribution in [0.5, 0.6) is 0 Å². The lowest BCUT2D eigenvalue weighted by molar-refractivity contribution is -0.119. The number of para-hydroxylation sites is 1. The van der Waals surface area contributed by atoms with Gasteiger partial charge in [0.15, 0.2) is 6.61 Å². The Morgan fingerprint density at radius 2 is 1.80 bits per heavy atom. The zero-order chi connectivity index (χ0) is 18.1. The summed E-state index contributed by atoms with van der Waals surface area (Å²) in [5.41, 5.74) is 5.26. The normalized spacial score (nSPS) is 13.6. The molecule has 1 N–H and O–H groups in total. The summed E-state index contributed by atoms with van der Waals surface area (Å²) in [6.07, 6.45) is 2.31. The van der Waals surface area contributed by atoms with E-state index in [9.17, 15) is 9.59 Å². The number of anilines is 1. The predicted molar refractivity (Wildman–Crippen MR) is 97.0 cm³/mol. The highest BCUT2D eigenvalue weighted by Crippen LogP contribution is 2.38. The first-order chi connectivity index (χ1) is 11.9. The van der Waals surface area contributed by atoms with Crippen molar-refractivity contribution in [3.05, 3.63) is 52.3 Å². The van der Waals surface area contributed by atoms with E-state index in [4.69, 9.17) is 4.74 Å². The summed E-state index contributed by atoms with van der Waals surface area (Å²) in [5, 5.41) is 2.82. The average molecular weight is 340 g/mol. The maximum Gasteiger partial charge on any atom is 0.340 e. The minimum absolute atomic E-state index is 0.292. The summed E-state index contributed by atoms with van der Waals surface area (Å²) < 4.78 is 7.41. The highest BCUT2D eigenvalue weighted by Gasteiger charge is 2.28. The molecule has 1 amide bonds. The van der Waals surface area contributed by atoms with E-state index in [1.807, 2.05) is 52.0 Å². The van der Waals surface area contributed by atoms with Gasteiger partial charge in [0.25, 0.3) is 5.91 Å². The molecule has 0 atom stereocenters. The van der Waals surface area contributed by atoms with Crippen LogP contribution < -0.4 is 5.32 Å². The molecular weight excluding hydrogens is 316 g/mol. The zero-order valence-electron chi connectivity index (χ0n) is 15.2. The molecule has 1 aromatic carbocycles. The summed E-state index contributed by atoms with van der Waals surface area (Å²) in [6.45, 7) is 7.50. The standard InChI is InChI=1S/C20H24N2O3/c1-12-6-5-7-13(2)19(12)21-18(23)11-25-20(24)17-10-14(3)22(15(17)4)16-8-9-16/h5-7,10,16H,8-9,11H2,1-4H3,(H,21,23). The fourth-order valence-electron chi connectivity index (χ4n) is 3.27. The SMILES string of the molecule is Cc1cccc(C)c1NC(=O)COC(=O)c1cc(C)n(C2CC2)c1C. The van der Waals surface area contributed by atoms with Gasteiger partial charge in [-0.3, -0.25) is 4.79 Å². The van der Waals surface area contributed by atoms with Crippen molar-refractivity contribution in [2.24, 2.45) is 0 Å². The Morgan fingerprint density at radius 3 is 2.40 bits per heavy atom. The predicted octanol–water partition coefficient (Wildman–Crippen LogP) is 3.85. The number of rotatable bonds is 5. The van der Waals surface area contributed by atoms with Gasteiger partial charge in [0.05, 0.1) is 5.56 Å². The minimum Gasteiger partial charge on any atom is -0.452 e. The van der Waals surface area contributed by atoms with Gasteiger partial charge in [-0.25, -0.2) is 4.79 Å². The number of benzene rings is 1. The number of hydrogen-bond donors (Lipinski definition) is 1. The maximum absolute atomic E-state index is 12.3. The van der Waals surface area contributed by atoms with Gasteiger partial charge < -0.3 is 14.6 Å². The number of ether oxygens (including phenoxy) is 1. The van der Waals surface area contributed by atoms with Gasteiger partial charge in [0.1, 0.15) is 0 Å². The molecule has 0 radical (unpaired) electrons. The van der Waals surface area contributed by atoms with Crippen LogP contribution in [-0.4, -0.2) is 23.1 Å². The Kier molecular flexibility index (Phi) is 4.66. The number of hydrogen-bond acceptors (Lipinski definition) is 3. The molecule has 5 nitrogen and oxygen atoms in total. The molecule has 1 aliphatic rings. The molecule has 0 unspecified atom stereocenters. The summed E-state index contributed by atoms with van der Waals surface area (Å²) in [7, 11) is 0. The lowest BCUT2D eigenvalue weighted by Crippen LogP contribution is -2.22. The van der Waals surface area contributed by atoms with E-state index in [2.05, 4.69) is 9.88 Å². The van der Waals surface area contributed by atoms with Crippen molar-refractivity contribution in [2.45, 2.75) is 46.6 Å². The second kappa shape index (κ2) is 6.75. The van der Waals surface area contributed by atoms with E-state index in [0.29, 0.717) is 11.6 Å². The average Bonchev–Trinajstić information content (AvgIpc) is 3.34. The lowest BCUT2D eigenvalue weighted by atomic mass is 10.1. The quantitative estimate of drug-likeness (QED) is 0.841. The van der Waals surface area contributed by atoms with Crippen LogP contribution in [0.3, 0.4) is 0 Å². The Balaban J connectivity index is 1.63. The molecule has 1 aliphatic carbocycles. The first-order valence-corrected chi connectivity index (χ1v) is 8.60. The third-order valence-corrected chi connectivity index (χ3v) is 4.70. The fourth-order valence-corrected chi connectivity index (χ4v) is 3.27. The summed E-state index contributed by atoms with van der Waals surface area (Å²) in [5.74, 6) is -0.779. The second-order valence-electron chi connectivity index (χ2n) is 6.78. The molecule has 132 valence electrons. The first-order valence-electron chi connectivity index (χ1n) is 8.60. The van der Waals surface area contributed by atoms with E-state index in [1.54, 1.807) is 0 Å². The van der Waals surface area contributed by atoms with Gasteiger partial charge in [-0.2, -0.15) is 0 Å². The molecule has 5 heteroatoms. The van der Waals surface area contributed by atoms with Crippen LogP contribution in [0.15, 0.2) is 24.3 Å². The summed E-state index contributed by atoms with van der Waals surface area (Å²) in [4.78, 5) is 24.5. The van der Waals surface area contributed by atoms with E-state index >= 15 is 0 Å².